The van der Waals surface area contributed by atoms with E-state index in [0.717, 1.165) is 6.08 Å². The zero-order valence-corrected chi connectivity index (χ0v) is 15.4. The number of aromatic nitrogens is 2. The molecule has 2 aromatic heterocycles. The average Bonchev–Trinajstić information content (AvgIpc) is 2.89. The maximum absolute atomic E-state index is 12.8. The zero-order chi connectivity index (χ0) is 18.2. The van der Waals surface area contributed by atoms with E-state index in [0.29, 0.717) is 5.65 Å². The fourth-order valence-electron chi connectivity index (χ4n) is 2.21. The standard InChI is InChI=1S/C16H8Cl3N3O2S/c17-10-4-5-12(18)14(7-10)25(23,24)11(9-20)8-13-16(19)21-15-3-1-2-6-22(13)15/h1-8H. The van der Waals surface area contributed by atoms with Gasteiger partial charge >= 0.3 is 0 Å². The van der Waals surface area contributed by atoms with Gasteiger partial charge in [0.15, 0.2) is 10.1 Å². The quantitative estimate of drug-likeness (QED) is 0.588. The van der Waals surface area contributed by atoms with Gasteiger partial charge in [-0.2, -0.15) is 5.26 Å². The first kappa shape index (κ1) is 17.8. The molecule has 0 saturated heterocycles. The van der Waals surface area contributed by atoms with Crippen LogP contribution in [0.3, 0.4) is 0 Å². The Morgan fingerprint density at radius 3 is 2.68 bits per heavy atom. The van der Waals surface area contributed by atoms with Crippen LogP contribution in [-0.4, -0.2) is 17.8 Å². The summed E-state index contributed by atoms with van der Waals surface area (Å²) in [6.07, 6.45) is 2.82. The number of halogens is 3. The summed E-state index contributed by atoms with van der Waals surface area (Å²) in [5.74, 6) is 0. The SMILES string of the molecule is N#CC(=Cc1c(Cl)nc2ccccn12)S(=O)(=O)c1cc(Cl)ccc1Cl. The van der Waals surface area contributed by atoms with Gasteiger partial charge in [-0.25, -0.2) is 13.4 Å². The molecule has 0 N–H and O–H groups in total. The van der Waals surface area contributed by atoms with Crippen molar-refractivity contribution in [3.05, 3.63) is 68.4 Å². The van der Waals surface area contributed by atoms with E-state index in [1.165, 1.54) is 18.2 Å². The number of nitriles is 1. The van der Waals surface area contributed by atoms with E-state index >= 15 is 0 Å². The third kappa shape index (κ3) is 3.24. The van der Waals surface area contributed by atoms with Crippen molar-refractivity contribution >= 4 is 56.4 Å². The van der Waals surface area contributed by atoms with Crippen LogP contribution in [0.2, 0.25) is 15.2 Å². The van der Waals surface area contributed by atoms with Crippen molar-refractivity contribution in [2.45, 2.75) is 4.90 Å². The third-order valence-corrected chi connectivity index (χ3v) is 6.03. The van der Waals surface area contributed by atoms with E-state index in [1.807, 2.05) is 0 Å². The maximum atomic E-state index is 12.8. The molecule has 0 aliphatic heterocycles. The molecule has 126 valence electrons. The molecule has 0 unspecified atom stereocenters. The van der Waals surface area contributed by atoms with Crippen LogP contribution in [0.15, 0.2) is 52.4 Å². The maximum Gasteiger partial charge on any atom is 0.218 e. The van der Waals surface area contributed by atoms with Crippen molar-refractivity contribution in [3.8, 4) is 6.07 Å². The molecule has 2 heterocycles. The number of rotatable bonds is 3. The van der Waals surface area contributed by atoms with E-state index < -0.39 is 14.7 Å². The van der Waals surface area contributed by atoms with Crippen molar-refractivity contribution in [1.29, 1.82) is 5.26 Å². The van der Waals surface area contributed by atoms with Crippen LogP contribution in [0.5, 0.6) is 0 Å². The van der Waals surface area contributed by atoms with E-state index in [1.54, 1.807) is 34.9 Å². The number of pyridine rings is 1. The van der Waals surface area contributed by atoms with E-state index in [2.05, 4.69) is 4.98 Å². The lowest BCUT2D eigenvalue weighted by molar-refractivity contribution is 0.603. The second-order valence-corrected chi connectivity index (χ2v) is 8.00. The summed E-state index contributed by atoms with van der Waals surface area (Å²) >= 11 is 17.9. The minimum atomic E-state index is -4.18. The molecular weight excluding hydrogens is 405 g/mol. The minimum absolute atomic E-state index is 0.0326. The summed E-state index contributed by atoms with van der Waals surface area (Å²) in [5, 5.41) is 9.63. The van der Waals surface area contributed by atoms with E-state index in [-0.39, 0.29) is 25.8 Å². The monoisotopic (exact) mass is 411 g/mol. The highest BCUT2D eigenvalue weighted by molar-refractivity contribution is 7.95. The fraction of sp³-hybridized carbons (Fsp3) is 0. The van der Waals surface area contributed by atoms with Gasteiger partial charge in [0.25, 0.3) is 0 Å². The van der Waals surface area contributed by atoms with Gasteiger partial charge in [0.2, 0.25) is 9.84 Å². The predicted molar refractivity (Wildman–Crippen MR) is 97.4 cm³/mol. The van der Waals surface area contributed by atoms with Crippen molar-refractivity contribution in [2.24, 2.45) is 0 Å². The summed E-state index contributed by atoms with van der Waals surface area (Å²) < 4.78 is 27.2. The number of hydrogen-bond acceptors (Lipinski definition) is 4. The Morgan fingerprint density at radius 1 is 1.20 bits per heavy atom. The van der Waals surface area contributed by atoms with Gasteiger partial charge in [-0.05, 0) is 36.4 Å². The van der Waals surface area contributed by atoms with Gasteiger partial charge in [-0.1, -0.05) is 40.9 Å². The van der Waals surface area contributed by atoms with Crippen LogP contribution in [0.25, 0.3) is 11.7 Å². The largest absolute Gasteiger partial charge is 0.299 e. The molecular formula is C16H8Cl3N3O2S. The van der Waals surface area contributed by atoms with Gasteiger partial charge in [0.05, 0.1) is 15.6 Å². The summed E-state index contributed by atoms with van der Waals surface area (Å²) in [4.78, 5) is 3.34. The van der Waals surface area contributed by atoms with Gasteiger partial charge < -0.3 is 0 Å². The highest BCUT2D eigenvalue weighted by Crippen LogP contribution is 2.31. The third-order valence-electron chi connectivity index (χ3n) is 3.37. The summed E-state index contributed by atoms with van der Waals surface area (Å²) in [7, 11) is -4.18. The van der Waals surface area contributed by atoms with Crippen molar-refractivity contribution in [3.63, 3.8) is 0 Å². The smallest absolute Gasteiger partial charge is 0.218 e. The second-order valence-electron chi connectivity index (χ2n) is 4.92. The lowest BCUT2D eigenvalue weighted by Crippen LogP contribution is -2.05. The van der Waals surface area contributed by atoms with Crippen molar-refractivity contribution in [2.75, 3.05) is 0 Å². The highest BCUT2D eigenvalue weighted by Gasteiger charge is 2.25. The highest BCUT2D eigenvalue weighted by atomic mass is 35.5. The molecule has 0 aliphatic rings. The Hall–Kier alpha value is -2.04. The number of nitrogens with zero attached hydrogens (tertiary/aromatic N) is 3. The Bertz CT molecular complexity index is 1160. The topological polar surface area (TPSA) is 75.2 Å². The normalized spacial score (nSPS) is 12.3. The number of benzene rings is 1. The number of fused-ring (bicyclic) bond motifs is 1. The first-order valence-corrected chi connectivity index (χ1v) is 9.41. The molecule has 5 nitrogen and oxygen atoms in total. The van der Waals surface area contributed by atoms with Crippen molar-refractivity contribution in [1.82, 2.24) is 9.38 Å². The molecule has 0 bridgehead atoms. The molecule has 0 saturated carbocycles. The Labute approximate surface area is 158 Å². The van der Waals surface area contributed by atoms with E-state index in [4.69, 9.17) is 34.8 Å². The van der Waals surface area contributed by atoms with Crippen LogP contribution in [0, 0.1) is 11.3 Å². The molecule has 0 fully saturated rings. The lowest BCUT2D eigenvalue weighted by atomic mass is 10.4. The molecule has 1 aromatic carbocycles. The molecule has 3 rings (SSSR count). The Balaban J connectivity index is 2.23. The van der Waals surface area contributed by atoms with Crippen LogP contribution in [0.1, 0.15) is 5.69 Å². The molecule has 0 atom stereocenters. The average molecular weight is 413 g/mol. The summed E-state index contributed by atoms with van der Waals surface area (Å²) in [5.41, 5.74) is 0.796. The van der Waals surface area contributed by atoms with Gasteiger partial charge in [0, 0.05) is 11.2 Å². The predicted octanol–water partition coefficient (Wildman–Crippen LogP) is 4.63. The van der Waals surface area contributed by atoms with Crippen LogP contribution in [-0.2, 0) is 9.84 Å². The minimum Gasteiger partial charge on any atom is -0.299 e. The molecule has 0 aliphatic carbocycles. The molecule has 0 spiro atoms. The van der Waals surface area contributed by atoms with Crippen LogP contribution >= 0.6 is 34.8 Å². The zero-order valence-electron chi connectivity index (χ0n) is 12.3. The molecule has 25 heavy (non-hydrogen) atoms. The van der Waals surface area contributed by atoms with Crippen LogP contribution < -0.4 is 0 Å². The summed E-state index contributed by atoms with van der Waals surface area (Å²) in [6, 6.07) is 10.9. The van der Waals surface area contributed by atoms with Crippen molar-refractivity contribution < 1.29 is 8.42 Å². The second kappa shape index (κ2) is 6.70. The lowest BCUT2D eigenvalue weighted by Gasteiger charge is -2.06. The molecule has 0 amide bonds. The van der Waals surface area contributed by atoms with Gasteiger partial charge in [-0.3, -0.25) is 4.40 Å². The number of imidazole rings is 1. The van der Waals surface area contributed by atoms with Gasteiger partial charge in [-0.15, -0.1) is 0 Å². The van der Waals surface area contributed by atoms with Crippen LogP contribution in [0.4, 0.5) is 0 Å². The number of allylic oxidation sites excluding steroid dienone is 1. The fourth-order valence-corrected chi connectivity index (χ4v) is 4.33. The number of hydrogen-bond donors (Lipinski definition) is 0. The molecule has 3 aromatic rings. The Kier molecular flexibility index (Phi) is 4.76. The number of sulfone groups is 1. The van der Waals surface area contributed by atoms with Gasteiger partial charge in [0.1, 0.15) is 11.7 Å². The Morgan fingerprint density at radius 2 is 1.96 bits per heavy atom. The first-order chi connectivity index (χ1) is 11.8. The molecule has 0 radical (unpaired) electrons. The summed E-state index contributed by atoms with van der Waals surface area (Å²) in [6.45, 7) is 0. The molecule has 9 heteroatoms. The first-order valence-electron chi connectivity index (χ1n) is 6.79. The van der Waals surface area contributed by atoms with E-state index in [9.17, 15) is 13.7 Å².